The number of benzene rings is 10. The maximum Gasteiger partial charge on any atom is 0.212 e. The van der Waals surface area contributed by atoms with Crippen LogP contribution in [0.5, 0.6) is 0 Å². The summed E-state index contributed by atoms with van der Waals surface area (Å²) < 4.78 is 11.2. The Kier molecular flexibility index (Phi) is 30.0. The first-order valence-electron chi connectivity index (χ1n) is 44.2. The number of hydrogen-bond donors (Lipinski definition) is 0. The Morgan fingerprint density at radius 3 is 0.805 bits per heavy atom. The lowest BCUT2D eigenvalue weighted by Crippen LogP contribution is -2.32. The van der Waals surface area contributed by atoms with Crippen molar-refractivity contribution in [2.45, 2.75) is 178 Å². The van der Waals surface area contributed by atoms with E-state index in [-0.39, 0.29) is 5.41 Å². The molecule has 10 aromatic carbocycles. The second kappa shape index (κ2) is 40.3. The van der Waals surface area contributed by atoms with E-state index in [1.54, 1.807) is 0 Å². The Bertz CT molecular complexity index is 6310. The SMILES string of the molecule is Cc1c[n+](C)c(-c2cc(-c3ccccc3C)ccc2C)cc1CC(C)(C)C.Cc1c[n+](C)c(-c2cc(-c3ccccc3C)ccc2C)cc1CC(C)C.Cc1cc(-c2cc(-c3ccccc3C)ccc2C)[n+](C)cc1C.Cc1ccc(-c2cc(-c3ccccc3C)ccc2C)[n+](C)c1.Cc1ccccc1-c1ccc(C)c(-c2cc(C(C)C)c(C)c[n+]2C)c1. The van der Waals surface area contributed by atoms with E-state index in [1.165, 1.54) is 218 Å². The number of pyridine rings is 5. The summed E-state index contributed by atoms with van der Waals surface area (Å²) >= 11 is 0. The second-order valence-electron chi connectivity index (χ2n) is 36.9. The van der Waals surface area contributed by atoms with E-state index in [1.807, 2.05) is 0 Å². The van der Waals surface area contributed by atoms with Gasteiger partial charge in [-0.2, -0.15) is 0 Å². The first kappa shape index (κ1) is 91.7. The van der Waals surface area contributed by atoms with Crippen LogP contribution in [0.4, 0.5) is 0 Å². The van der Waals surface area contributed by atoms with Crippen LogP contribution in [0.1, 0.15) is 160 Å². The van der Waals surface area contributed by atoms with Gasteiger partial charge in [-0.05, 0) is 311 Å². The number of hydrogen-bond acceptors (Lipinski definition) is 0. The third kappa shape index (κ3) is 22.6. The Morgan fingerprint density at radius 1 is 0.228 bits per heavy atom. The zero-order valence-corrected chi connectivity index (χ0v) is 79.4. The topological polar surface area (TPSA) is 19.4 Å². The lowest BCUT2D eigenvalue weighted by molar-refractivity contribution is -0.660. The molecule has 5 heteroatoms. The van der Waals surface area contributed by atoms with E-state index in [2.05, 4.69) is 497 Å². The minimum Gasteiger partial charge on any atom is -0.201 e. The molecule has 628 valence electrons. The molecule has 0 atom stereocenters. The average Bonchev–Trinajstić information content (AvgIpc) is 0.794. The number of rotatable bonds is 14. The molecule has 5 aromatic heterocycles. The Hall–Kier alpha value is -12.1. The Morgan fingerprint density at radius 2 is 0.496 bits per heavy atom. The van der Waals surface area contributed by atoms with Crippen LogP contribution in [0.25, 0.3) is 112 Å². The zero-order chi connectivity index (χ0) is 89.0. The van der Waals surface area contributed by atoms with Crippen LogP contribution < -0.4 is 22.8 Å². The molecular formula is C118H136N5+5. The highest BCUT2D eigenvalue weighted by Gasteiger charge is 2.25. The van der Waals surface area contributed by atoms with Crippen molar-refractivity contribution in [3.8, 4) is 112 Å². The summed E-state index contributed by atoms with van der Waals surface area (Å²) in [6, 6.07) is 90.8. The van der Waals surface area contributed by atoms with Crippen LogP contribution in [0.15, 0.2) is 280 Å². The summed E-state index contributed by atoms with van der Waals surface area (Å²) in [5.41, 5.74) is 51.6. The molecule has 0 unspecified atom stereocenters. The number of nitrogens with zero attached hydrogens (tertiary/aromatic N) is 5. The quantitative estimate of drug-likeness (QED) is 0.0967. The van der Waals surface area contributed by atoms with Crippen molar-refractivity contribution in [3.63, 3.8) is 0 Å². The molecule has 0 N–H and O–H groups in total. The summed E-state index contributed by atoms with van der Waals surface area (Å²) in [5, 5.41) is 0. The van der Waals surface area contributed by atoms with Crippen LogP contribution in [0.2, 0.25) is 0 Å². The van der Waals surface area contributed by atoms with Gasteiger partial charge < -0.3 is 0 Å². The number of aryl methyl sites for hydroxylation is 21. The van der Waals surface area contributed by atoms with Crippen molar-refractivity contribution >= 4 is 0 Å². The molecule has 0 aliphatic heterocycles. The average molecular weight is 1620 g/mol. The molecule has 0 saturated carbocycles. The van der Waals surface area contributed by atoms with Crippen LogP contribution >= 0.6 is 0 Å². The molecule has 0 spiro atoms. The molecule has 15 aromatic rings. The highest BCUT2D eigenvalue weighted by Crippen LogP contribution is 2.38. The van der Waals surface area contributed by atoms with Crippen molar-refractivity contribution in [1.82, 2.24) is 0 Å². The molecule has 123 heavy (non-hydrogen) atoms. The summed E-state index contributed by atoms with van der Waals surface area (Å²) in [6.45, 7) is 51.0. The first-order chi connectivity index (χ1) is 58.4. The lowest BCUT2D eigenvalue weighted by Gasteiger charge is -2.20. The fourth-order valence-electron chi connectivity index (χ4n) is 17.3. The molecule has 0 aliphatic carbocycles. The molecule has 5 heterocycles. The maximum atomic E-state index is 2.39. The molecule has 0 aliphatic rings. The van der Waals surface area contributed by atoms with E-state index < -0.39 is 0 Å². The van der Waals surface area contributed by atoms with E-state index in [0.29, 0.717) is 11.8 Å². The van der Waals surface area contributed by atoms with Gasteiger partial charge in [-0.3, -0.25) is 0 Å². The molecule has 0 fully saturated rings. The van der Waals surface area contributed by atoms with Crippen LogP contribution in [0.3, 0.4) is 0 Å². The molecule has 0 amide bonds. The van der Waals surface area contributed by atoms with Crippen LogP contribution in [-0.4, -0.2) is 0 Å². The van der Waals surface area contributed by atoms with Crippen molar-refractivity contribution in [2.24, 2.45) is 46.6 Å². The van der Waals surface area contributed by atoms with Gasteiger partial charge in [-0.25, -0.2) is 22.8 Å². The summed E-state index contributed by atoms with van der Waals surface area (Å²) in [7, 11) is 10.7. The van der Waals surface area contributed by atoms with Gasteiger partial charge in [0.1, 0.15) is 35.2 Å². The highest BCUT2D eigenvalue weighted by atomic mass is 14.9. The van der Waals surface area contributed by atoms with E-state index in [9.17, 15) is 0 Å². The van der Waals surface area contributed by atoms with Gasteiger partial charge in [-0.15, -0.1) is 0 Å². The van der Waals surface area contributed by atoms with Gasteiger partial charge >= 0.3 is 0 Å². The standard InChI is InChI=1S/C26H32N.C25H30N.C24H28N.C22H24N.C21H22N/c1-18-10-8-9-11-23(18)21-13-12-19(2)24(14-21)25-15-22(16-26(4,5)6)20(3)17-27(25)7;1-17(2)13-22-15-25(26(6)16-20(22)5)24-14-21(12-11-19(24)4)23-10-8-7-9-18(23)3;1-16(2)22-14-24(25(6)15-19(22)5)23-13-20(12-11-18(23)4)21-10-8-7-9-17(21)3;1-15-8-6-7-9-20(15)19-11-10-16(2)21(13-19)22-12-17(3)18(4)14-23(22)5;1-15-9-12-21(22(4)14-15)20-13-18(11-10-17(20)3)19-8-6-5-7-16(19)2/h8-15,17H,16H2,1-7H3;7-12,14-17H,13H2,1-6H3;7-16H,1-6H3;6-14H,1-5H3;5-14H,1-4H3/q5*+1. The summed E-state index contributed by atoms with van der Waals surface area (Å²) in [6.07, 6.45) is 13.4. The fraction of sp³-hybridized carbons (Fsp3) is 0.280. The van der Waals surface area contributed by atoms with E-state index in [4.69, 9.17) is 0 Å². The van der Waals surface area contributed by atoms with Gasteiger partial charge in [0.05, 0.1) is 0 Å². The largest absolute Gasteiger partial charge is 0.212 e. The van der Waals surface area contributed by atoms with E-state index >= 15 is 0 Å². The van der Waals surface area contributed by atoms with Crippen molar-refractivity contribution in [2.75, 3.05) is 0 Å². The zero-order valence-electron chi connectivity index (χ0n) is 79.4. The van der Waals surface area contributed by atoms with Crippen LogP contribution in [0, 0.1) is 122 Å². The fourth-order valence-corrected chi connectivity index (χ4v) is 17.3. The summed E-state index contributed by atoms with van der Waals surface area (Å²) in [5.74, 6) is 1.19. The van der Waals surface area contributed by atoms with Gasteiger partial charge in [-0.1, -0.05) is 230 Å². The third-order valence-corrected chi connectivity index (χ3v) is 24.5. The monoisotopic (exact) mass is 1620 g/mol. The summed E-state index contributed by atoms with van der Waals surface area (Å²) in [4.78, 5) is 0. The maximum absolute atomic E-state index is 2.39. The molecular weight excluding hydrogens is 1490 g/mol. The minimum absolute atomic E-state index is 0.278. The van der Waals surface area contributed by atoms with Crippen LogP contribution in [-0.2, 0) is 48.1 Å². The Balaban J connectivity index is 0.000000150. The lowest BCUT2D eigenvalue weighted by atomic mass is 9.86. The first-order valence-corrected chi connectivity index (χ1v) is 44.2. The molecule has 0 radical (unpaired) electrons. The third-order valence-electron chi connectivity index (χ3n) is 24.5. The van der Waals surface area contributed by atoms with Crippen molar-refractivity contribution in [3.05, 3.63) is 385 Å². The predicted molar refractivity (Wildman–Crippen MR) is 524 cm³/mol. The number of aromatic nitrogens is 5. The molecule has 15 rings (SSSR count). The normalized spacial score (nSPS) is 11.1. The smallest absolute Gasteiger partial charge is 0.201 e. The van der Waals surface area contributed by atoms with Gasteiger partial charge in [0.15, 0.2) is 31.0 Å². The van der Waals surface area contributed by atoms with Gasteiger partial charge in [0.2, 0.25) is 28.5 Å². The van der Waals surface area contributed by atoms with Crippen molar-refractivity contribution < 1.29 is 22.8 Å². The second-order valence-corrected chi connectivity index (χ2v) is 36.9. The Labute approximate surface area is 739 Å². The molecule has 0 saturated heterocycles. The van der Waals surface area contributed by atoms with Gasteiger partial charge in [0.25, 0.3) is 0 Å². The molecule has 0 bridgehead atoms. The minimum atomic E-state index is 0.278. The van der Waals surface area contributed by atoms with Gasteiger partial charge in [0, 0.05) is 86.0 Å². The van der Waals surface area contributed by atoms with E-state index in [0.717, 1.165) is 12.8 Å². The highest BCUT2D eigenvalue weighted by molar-refractivity contribution is 5.80. The molecule has 5 nitrogen and oxygen atoms in total. The van der Waals surface area contributed by atoms with Crippen molar-refractivity contribution in [1.29, 1.82) is 0 Å². The predicted octanol–water partition coefficient (Wildman–Crippen LogP) is 28.1.